The zero-order valence-electron chi connectivity index (χ0n) is 14.4. The number of nitrogens with zero attached hydrogens (tertiary/aromatic N) is 1. The fourth-order valence-electron chi connectivity index (χ4n) is 3.95. The lowest BCUT2D eigenvalue weighted by atomic mass is 9.78. The van der Waals surface area contributed by atoms with Crippen LogP contribution in [0.1, 0.15) is 46.0 Å². The molecule has 1 saturated heterocycles. The standard InChI is InChI=1S/C17H33N3O2/c1-12-5-4-6-16(13(12)2)19-17(21)11-20-8-7-15(22-3)9-14(20)10-18/h12-16H,4-11,18H2,1-3H3,(H,19,21). The highest BCUT2D eigenvalue weighted by molar-refractivity contribution is 5.78. The van der Waals surface area contributed by atoms with E-state index in [0.29, 0.717) is 31.0 Å². The highest BCUT2D eigenvalue weighted by Crippen LogP contribution is 2.29. The van der Waals surface area contributed by atoms with Crippen LogP contribution in [0, 0.1) is 11.8 Å². The molecule has 1 saturated carbocycles. The molecular formula is C17H33N3O2. The number of ether oxygens (including phenoxy) is 1. The molecule has 5 unspecified atom stereocenters. The molecular weight excluding hydrogens is 278 g/mol. The first-order chi connectivity index (χ1) is 10.5. The van der Waals surface area contributed by atoms with Crippen molar-refractivity contribution in [2.45, 2.75) is 64.1 Å². The van der Waals surface area contributed by atoms with Gasteiger partial charge in [-0.05, 0) is 31.1 Å². The molecule has 5 atom stereocenters. The molecule has 1 amide bonds. The second-order valence-corrected chi connectivity index (χ2v) is 7.18. The highest BCUT2D eigenvalue weighted by atomic mass is 16.5. The third kappa shape index (κ3) is 4.43. The number of methoxy groups -OCH3 is 1. The number of nitrogens with two attached hydrogens (primary N) is 1. The average molecular weight is 311 g/mol. The van der Waals surface area contributed by atoms with Gasteiger partial charge in [-0.25, -0.2) is 0 Å². The van der Waals surface area contributed by atoms with Crippen LogP contribution in [-0.4, -0.2) is 55.7 Å². The number of nitrogens with one attached hydrogen (secondary N) is 1. The second kappa shape index (κ2) is 8.27. The minimum atomic E-state index is 0.153. The maximum absolute atomic E-state index is 12.4. The van der Waals surface area contributed by atoms with Crippen molar-refractivity contribution in [2.24, 2.45) is 17.6 Å². The minimum Gasteiger partial charge on any atom is -0.381 e. The van der Waals surface area contributed by atoms with Crippen molar-refractivity contribution in [3.8, 4) is 0 Å². The van der Waals surface area contributed by atoms with Gasteiger partial charge < -0.3 is 15.8 Å². The number of likely N-dealkylation sites (tertiary alicyclic amines) is 1. The number of hydrogen-bond acceptors (Lipinski definition) is 4. The molecule has 1 heterocycles. The fourth-order valence-corrected chi connectivity index (χ4v) is 3.95. The molecule has 2 fully saturated rings. The summed E-state index contributed by atoms with van der Waals surface area (Å²) in [6.07, 6.45) is 5.82. The molecule has 3 N–H and O–H groups in total. The summed E-state index contributed by atoms with van der Waals surface area (Å²) in [6.45, 7) is 6.51. The van der Waals surface area contributed by atoms with Crippen LogP contribution in [0.3, 0.4) is 0 Å². The molecule has 22 heavy (non-hydrogen) atoms. The number of carbonyl (C=O) groups excluding carboxylic acids is 1. The van der Waals surface area contributed by atoms with Crippen molar-refractivity contribution in [2.75, 3.05) is 26.7 Å². The van der Waals surface area contributed by atoms with Crippen LogP contribution < -0.4 is 11.1 Å². The molecule has 2 rings (SSSR count). The third-order valence-corrected chi connectivity index (χ3v) is 5.79. The summed E-state index contributed by atoms with van der Waals surface area (Å²) >= 11 is 0. The van der Waals surface area contributed by atoms with Crippen molar-refractivity contribution < 1.29 is 9.53 Å². The van der Waals surface area contributed by atoms with Crippen molar-refractivity contribution in [3.63, 3.8) is 0 Å². The number of carbonyl (C=O) groups is 1. The largest absolute Gasteiger partial charge is 0.381 e. The van der Waals surface area contributed by atoms with Gasteiger partial charge in [0.15, 0.2) is 0 Å². The second-order valence-electron chi connectivity index (χ2n) is 7.18. The van der Waals surface area contributed by atoms with Crippen LogP contribution in [0.25, 0.3) is 0 Å². The van der Waals surface area contributed by atoms with Gasteiger partial charge in [0.2, 0.25) is 5.91 Å². The summed E-state index contributed by atoms with van der Waals surface area (Å²) < 4.78 is 5.44. The summed E-state index contributed by atoms with van der Waals surface area (Å²) in [5.41, 5.74) is 5.88. The van der Waals surface area contributed by atoms with E-state index in [4.69, 9.17) is 10.5 Å². The van der Waals surface area contributed by atoms with Crippen LogP contribution in [0.2, 0.25) is 0 Å². The van der Waals surface area contributed by atoms with E-state index in [2.05, 4.69) is 24.1 Å². The Bertz CT molecular complexity index is 364. The Balaban J connectivity index is 1.83. The normalized spacial score (nSPS) is 37.0. The predicted molar refractivity (Wildman–Crippen MR) is 88.6 cm³/mol. The number of hydrogen-bond donors (Lipinski definition) is 2. The Morgan fingerprint density at radius 2 is 2.09 bits per heavy atom. The van der Waals surface area contributed by atoms with Crippen LogP contribution in [0.4, 0.5) is 0 Å². The van der Waals surface area contributed by atoms with Gasteiger partial charge in [-0.2, -0.15) is 0 Å². The molecule has 0 radical (unpaired) electrons. The SMILES string of the molecule is COC1CCN(CC(=O)NC2CCCC(C)C2C)C(CN)C1. The molecule has 5 heteroatoms. The summed E-state index contributed by atoms with van der Waals surface area (Å²) in [6, 6.07) is 0.594. The lowest BCUT2D eigenvalue weighted by Gasteiger charge is -2.39. The van der Waals surface area contributed by atoms with E-state index >= 15 is 0 Å². The van der Waals surface area contributed by atoms with E-state index in [1.807, 2.05) is 0 Å². The average Bonchev–Trinajstić information content (AvgIpc) is 2.52. The topological polar surface area (TPSA) is 67.6 Å². The Morgan fingerprint density at radius 1 is 1.32 bits per heavy atom. The number of rotatable bonds is 5. The van der Waals surface area contributed by atoms with E-state index in [9.17, 15) is 4.79 Å². The minimum absolute atomic E-state index is 0.153. The quantitative estimate of drug-likeness (QED) is 0.804. The van der Waals surface area contributed by atoms with Crippen molar-refractivity contribution >= 4 is 5.91 Å². The molecule has 1 aliphatic heterocycles. The maximum Gasteiger partial charge on any atom is 0.234 e. The molecule has 0 aromatic rings. The smallest absolute Gasteiger partial charge is 0.234 e. The predicted octanol–water partition coefficient (Wildman–Crippen LogP) is 1.37. The van der Waals surface area contributed by atoms with Crippen LogP contribution >= 0.6 is 0 Å². The third-order valence-electron chi connectivity index (χ3n) is 5.79. The lowest BCUT2D eigenvalue weighted by Crippen LogP contribution is -2.53. The Kier molecular flexibility index (Phi) is 6.66. The summed E-state index contributed by atoms with van der Waals surface area (Å²) in [7, 11) is 1.76. The zero-order chi connectivity index (χ0) is 16.1. The molecule has 0 bridgehead atoms. The monoisotopic (exact) mass is 311 g/mol. The van der Waals surface area contributed by atoms with Crippen molar-refractivity contribution in [3.05, 3.63) is 0 Å². The first-order valence-electron chi connectivity index (χ1n) is 8.81. The Hall–Kier alpha value is -0.650. The van der Waals surface area contributed by atoms with Gasteiger partial charge in [0.05, 0.1) is 12.6 Å². The molecule has 2 aliphatic rings. The molecule has 0 aromatic heterocycles. The van der Waals surface area contributed by atoms with Gasteiger partial charge in [0, 0.05) is 32.3 Å². The maximum atomic E-state index is 12.4. The number of piperidine rings is 1. The van der Waals surface area contributed by atoms with Gasteiger partial charge in [0.25, 0.3) is 0 Å². The van der Waals surface area contributed by atoms with Crippen LogP contribution in [0.5, 0.6) is 0 Å². The van der Waals surface area contributed by atoms with Gasteiger partial charge in [-0.1, -0.05) is 26.7 Å². The van der Waals surface area contributed by atoms with E-state index < -0.39 is 0 Å². The molecule has 0 aromatic carbocycles. The molecule has 1 aliphatic carbocycles. The van der Waals surface area contributed by atoms with E-state index in [0.717, 1.165) is 25.8 Å². The molecule has 128 valence electrons. The summed E-state index contributed by atoms with van der Waals surface area (Å²) in [4.78, 5) is 14.6. The van der Waals surface area contributed by atoms with Crippen LogP contribution in [0.15, 0.2) is 0 Å². The fraction of sp³-hybridized carbons (Fsp3) is 0.941. The zero-order valence-corrected chi connectivity index (χ0v) is 14.4. The van der Waals surface area contributed by atoms with Crippen molar-refractivity contribution in [1.29, 1.82) is 0 Å². The van der Waals surface area contributed by atoms with Crippen LogP contribution in [-0.2, 0) is 9.53 Å². The Labute approximate surface area is 134 Å². The van der Waals surface area contributed by atoms with E-state index in [1.54, 1.807) is 7.11 Å². The molecule has 5 nitrogen and oxygen atoms in total. The van der Waals surface area contributed by atoms with Gasteiger partial charge in [-0.15, -0.1) is 0 Å². The van der Waals surface area contributed by atoms with E-state index in [-0.39, 0.29) is 18.1 Å². The van der Waals surface area contributed by atoms with Gasteiger partial charge in [0.1, 0.15) is 0 Å². The summed E-state index contributed by atoms with van der Waals surface area (Å²) in [5.74, 6) is 1.43. The Morgan fingerprint density at radius 3 is 2.77 bits per heavy atom. The van der Waals surface area contributed by atoms with Gasteiger partial charge in [-0.3, -0.25) is 9.69 Å². The van der Waals surface area contributed by atoms with Crippen molar-refractivity contribution in [1.82, 2.24) is 10.2 Å². The summed E-state index contributed by atoms with van der Waals surface area (Å²) in [5, 5.41) is 3.26. The highest BCUT2D eigenvalue weighted by Gasteiger charge is 2.31. The lowest BCUT2D eigenvalue weighted by molar-refractivity contribution is -0.125. The number of amides is 1. The molecule has 0 spiro atoms. The van der Waals surface area contributed by atoms with E-state index in [1.165, 1.54) is 12.8 Å². The first-order valence-corrected chi connectivity index (χ1v) is 8.81. The first kappa shape index (κ1) is 17.7. The van der Waals surface area contributed by atoms with Gasteiger partial charge >= 0.3 is 0 Å².